The molecule has 4 aromatic rings. The van der Waals surface area contributed by atoms with E-state index in [4.69, 9.17) is 11.6 Å². The average Bonchev–Trinajstić information content (AvgIpc) is 3.10. The van der Waals surface area contributed by atoms with E-state index in [1.54, 1.807) is 30.3 Å². The highest BCUT2D eigenvalue weighted by Crippen LogP contribution is 2.23. The number of halogens is 1. The molecule has 0 saturated heterocycles. The molecule has 31 heavy (non-hydrogen) atoms. The minimum Gasteiger partial charge on any atom is -0.324 e. The number of rotatable bonds is 4. The summed E-state index contributed by atoms with van der Waals surface area (Å²) >= 11 is 7.39. The lowest BCUT2D eigenvalue weighted by molar-refractivity contribution is -0.116. The summed E-state index contributed by atoms with van der Waals surface area (Å²) in [4.78, 5) is 40.7. The van der Waals surface area contributed by atoms with Crippen molar-refractivity contribution in [1.82, 2.24) is 9.13 Å². The SMILES string of the molecule is Cc1cc2c(=O)n(-c3cccc(Cl)c3)c(=O)n(CC(=O)Nc3c(C)cccc3C)c2s1. The second kappa shape index (κ2) is 8.17. The average molecular weight is 454 g/mol. The van der Waals surface area contributed by atoms with Gasteiger partial charge in [-0.15, -0.1) is 11.3 Å². The van der Waals surface area contributed by atoms with Gasteiger partial charge in [-0.05, 0) is 56.2 Å². The van der Waals surface area contributed by atoms with Crippen molar-refractivity contribution in [2.75, 3.05) is 5.32 Å². The number of para-hydroxylation sites is 1. The van der Waals surface area contributed by atoms with E-state index in [9.17, 15) is 14.4 Å². The number of amides is 1. The molecule has 0 aliphatic carbocycles. The lowest BCUT2D eigenvalue weighted by Gasteiger charge is -2.14. The van der Waals surface area contributed by atoms with Crippen LogP contribution in [0.2, 0.25) is 5.02 Å². The van der Waals surface area contributed by atoms with Gasteiger partial charge >= 0.3 is 5.69 Å². The van der Waals surface area contributed by atoms with Gasteiger partial charge < -0.3 is 5.32 Å². The molecule has 0 saturated carbocycles. The molecule has 8 heteroatoms. The molecule has 2 heterocycles. The van der Waals surface area contributed by atoms with Crippen molar-refractivity contribution in [2.24, 2.45) is 0 Å². The van der Waals surface area contributed by atoms with Gasteiger partial charge in [-0.25, -0.2) is 9.36 Å². The highest BCUT2D eigenvalue weighted by atomic mass is 35.5. The monoisotopic (exact) mass is 453 g/mol. The maximum absolute atomic E-state index is 13.4. The van der Waals surface area contributed by atoms with Crippen LogP contribution in [0.4, 0.5) is 5.69 Å². The van der Waals surface area contributed by atoms with Crippen LogP contribution in [-0.4, -0.2) is 15.0 Å². The topological polar surface area (TPSA) is 73.1 Å². The zero-order valence-corrected chi connectivity index (χ0v) is 18.8. The number of nitrogens with zero attached hydrogens (tertiary/aromatic N) is 2. The fourth-order valence-corrected chi connectivity index (χ4v) is 4.76. The Morgan fingerprint density at radius 1 is 1.03 bits per heavy atom. The Morgan fingerprint density at radius 2 is 1.71 bits per heavy atom. The summed E-state index contributed by atoms with van der Waals surface area (Å²) < 4.78 is 2.41. The van der Waals surface area contributed by atoms with Crippen LogP contribution in [0.15, 0.2) is 58.1 Å². The second-order valence-electron chi connectivity index (χ2n) is 7.38. The number of benzene rings is 2. The van der Waals surface area contributed by atoms with Crippen LogP contribution in [0, 0.1) is 20.8 Å². The largest absolute Gasteiger partial charge is 0.337 e. The van der Waals surface area contributed by atoms with Gasteiger partial charge in [0.2, 0.25) is 5.91 Å². The van der Waals surface area contributed by atoms with Crippen molar-refractivity contribution < 1.29 is 4.79 Å². The Kier molecular flexibility index (Phi) is 5.56. The van der Waals surface area contributed by atoms with Gasteiger partial charge in [0, 0.05) is 15.6 Å². The third-order valence-corrected chi connectivity index (χ3v) is 6.36. The molecule has 2 aromatic carbocycles. The predicted molar refractivity (Wildman–Crippen MR) is 126 cm³/mol. The van der Waals surface area contributed by atoms with E-state index >= 15 is 0 Å². The molecule has 0 aliphatic rings. The zero-order chi connectivity index (χ0) is 22.3. The number of fused-ring (bicyclic) bond motifs is 1. The molecule has 6 nitrogen and oxygen atoms in total. The van der Waals surface area contributed by atoms with Crippen LogP contribution in [-0.2, 0) is 11.3 Å². The molecule has 1 amide bonds. The molecule has 0 atom stereocenters. The molecular formula is C23H20ClN3O3S. The van der Waals surface area contributed by atoms with Crippen molar-refractivity contribution >= 4 is 44.7 Å². The van der Waals surface area contributed by atoms with Crippen molar-refractivity contribution in [1.29, 1.82) is 0 Å². The number of hydrogen-bond donors (Lipinski definition) is 1. The number of thiophene rings is 1. The molecule has 4 rings (SSSR count). The molecule has 158 valence electrons. The lowest BCUT2D eigenvalue weighted by atomic mass is 10.1. The van der Waals surface area contributed by atoms with Gasteiger partial charge in [-0.2, -0.15) is 0 Å². The van der Waals surface area contributed by atoms with Crippen LogP contribution in [0.25, 0.3) is 15.9 Å². The van der Waals surface area contributed by atoms with E-state index in [0.29, 0.717) is 20.9 Å². The van der Waals surface area contributed by atoms with Crippen LogP contribution in [0.5, 0.6) is 0 Å². The summed E-state index contributed by atoms with van der Waals surface area (Å²) in [6.45, 7) is 5.47. The smallest absolute Gasteiger partial charge is 0.324 e. The van der Waals surface area contributed by atoms with E-state index in [-0.39, 0.29) is 12.5 Å². The Hall–Kier alpha value is -3.16. The normalized spacial score (nSPS) is 11.1. The standard InChI is InChI=1S/C23H20ClN3O3S/c1-13-6-4-7-14(2)20(13)25-19(28)12-26-22-18(10-15(3)31-22)21(29)27(23(26)30)17-9-5-8-16(24)11-17/h4-11H,12H2,1-3H3,(H,25,28). The van der Waals surface area contributed by atoms with Crippen LogP contribution < -0.4 is 16.6 Å². The minimum atomic E-state index is -0.585. The molecule has 0 unspecified atom stereocenters. The van der Waals surface area contributed by atoms with Gasteiger partial charge in [-0.3, -0.25) is 14.2 Å². The fraction of sp³-hybridized carbons (Fsp3) is 0.174. The predicted octanol–water partition coefficient (Wildman–Crippen LogP) is 4.43. The Bertz CT molecular complexity index is 1430. The lowest BCUT2D eigenvalue weighted by Crippen LogP contribution is -2.40. The van der Waals surface area contributed by atoms with E-state index in [0.717, 1.165) is 26.3 Å². The summed E-state index contributed by atoms with van der Waals surface area (Å²) in [5, 5.41) is 3.70. The summed E-state index contributed by atoms with van der Waals surface area (Å²) in [5.41, 5.74) is 1.93. The van der Waals surface area contributed by atoms with Gasteiger partial charge in [-0.1, -0.05) is 35.9 Å². The van der Waals surface area contributed by atoms with Crippen LogP contribution >= 0.6 is 22.9 Å². The third kappa shape index (κ3) is 3.94. The van der Waals surface area contributed by atoms with E-state index in [1.165, 1.54) is 15.9 Å². The first-order valence-corrected chi connectivity index (χ1v) is 10.8. The molecule has 2 aromatic heterocycles. The minimum absolute atomic E-state index is 0.218. The molecule has 0 radical (unpaired) electrons. The summed E-state index contributed by atoms with van der Waals surface area (Å²) in [5.74, 6) is -0.344. The summed E-state index contributed by atoms with van der Waals surface area (Å²) in [6, 6.07) is 14.0. The van der Waals surface area contributed by atoms with Gasteiger partial charge in [0.05, 0.1) is 11.1 Å². The molecule has 0 bridgehead atoms. The second-order valence-corrected chi connectivity index (χ2v) is 9.05. The van der Waals surface area contributed by atoms with Gasteiger partial charge in [0.25, 0.3) is 5.56 Å². The molecule has 0 aliphatic heterocycles. The third-order valence-electron chi connectivity index (χ3n) is 5.05. The maximum atomic E-state index is 13.4. The van der Waals surface area contributed by atoms with E-state index in [1.807, 2.05) is 39.0 Å². The zero-order valence-electron chi connectivity index (χ0n) is 17.2. The molecule has 1 N–H and O–H groups in total. The van der Waals surface area contributed by atoms with E-state index < -0.39 is 11.2 Å². The Morgan fingerprint density at radius 3 is 2.39 bits per heavy atom. The fourth-order valence-electron chi connectivity index (χ4n) is 3.59. The van der Waals surface area contributed by atoms with Crippen molar-refractivity contribution in [3.8, 4) is 5.69 Å². The first-order chi connectivity index (χ1) is 14.8. The number of aryl methyl sites for hydroxylation is 3. The Balaban J connectivity index is 1.85. The Labute approximate surface area is 187 Å². The number of carbonyl (C=O) groups is 1. The maximum Gasteiger partial charge on any atom is 0.337 e. The summed E-state index contributed by atoms with van der Waals surface area (Å²) in [6.07, 6.45) is 0. The number of anilines is 1. The first-order valence-electron chi connectivity index (χ1n) is 9.64. The number of carbonyl (C=O) groups excluding carboxylic acids is 1. The van der Waals surface area contributed by atoms with Crippen molar-refractivity contribution in [2.45, 2.75) is 27.3 Å². The van der Waals surface area contributed by atoms with E-state index in [2.05, 4.69) is 5.32 Å². The molecular weight excluding hydrogens is 434 g/mol. The number of aromatic nitrogens is 2. The number of nitrogens with one attached hydrogen (secondary N) is 1. The van der Waals surface area contributed by atoms with Gasteiger partial charge in [0.15, 0.2) is 0 Å². The molecule has 0 spiro atoms. The summed E-state index contributed by atoms with van der Waals surface area (Å²) in [7, 11) is 0. The van der Waals surface area contributed by atoms with Crippen molar-refractivity contribution in [3.63, 3.8) is 0 Å². The highest BCUT2D eigenvalue weighted by molar-refractivity contribution is 7.18. The molecule has 0 fully saturated rings. The van der Waals surface area contributed by atoms with Crippen LogP contribution in [0.1, 0.15) is 16.0 Å². The van der Waals surface area contributed by atoms with Crippen LogP contribution in [0.3, 0.4) is 0 Å². The highest BCUT2D eigenvalue weighted by Gasteiger charge is 2.19. The van der Waals surface area contributed by atoms with Gasteiger partial charge in [0.1, 0.15) is 11.4 Å². The van der Waals surface area contributed by atoms with Crippen molar-refractivity contribution in [3.05, 3.63) is 90.4 Å². The number of hydrogen-bond acceptors (Lipinski definition) is 4. The first kappa shape index (κ1) is 21.1. The quantitative estimate of drug-likeness (QED) is 0.496.